The Morgan fingerprint density at radius 2 is 1.88 bits per heavy atom. The number of aromatic nitrogens is 3. The molecule has 1 aliphatic rings. The monoisotopic (exact) mass is 370 g/mol. The molecule has 0 amide bonds. The van der Waals surface area contributed by atoms with Gasteiger partial charge in [0.15, 0.2) is 5.82 Å². The number of nitrogens with zero attached hydrogens (tertiary/aromatic N) is 4. The molecule has 3 aromatic rings. The second kappa shape index (κ2) is 6.97. The first-order valence-corrected chi connectivity index (χ1v) is 9.98. The van der Waals surface area contributed by atoms with Gasteiger partial charge in [-0.2, -0.15) is 4.98 Å². The van der Waals surface area contributed by atoms with Gasteiger partial charge in [-0.25, -0.2) is 12.7 Å². The van der Waals surface area contributed by atoms with E-state index in [4.69, 9.17) is 4.52 Å². The van der Waals surface area contributed by atoms with Crippen LogP contribution in [-0.2, 0) is 15.8 Å². The molecule has 0 N–H and O–H groups in total. The summed E-state index contributed by atoms with van der Waals surface area (Å²) in [5.41, 5.74) is 1.58. The molecule has 0 saturated carbocycles. The van der Waals surface area contributed by atoms with Gasteiger partial charge in [0.05, 0.1) is 5.75 Å². The molecule has 0 spiro atoms. The molecule has 7 nitrogen and oxygen atoms in total. The van der Waals surface area contributed by atoms with Crippen LogP contribution in [0, 0.1) is 0 Å². The van der Waals surface area contributed by atoms with Gasteiger partial charge in [-0.3, -0.25) is 4.98 Å². The Labute approximate surface area is 151 Å². The average molecular weight is 370 g/mol. The molecule has 1 unspecified atom stereocenters. The first-order chi connectivity index (χ1) is 12.6. The Kier molecular flexibility index (Phi) is 4.52. The average Bonchev–Trinajstić information content (AvgIpc) is 3.33. The van der Waals surface area contributed by atoms with Gasteiger partial charge in [0, 0.05) is 37.0 Å². The molecular formula is C18H18N4O3S. The molecule has 1 aliphatic heterocycles. The molecule has 1 saturated heterocycles. The molecule has 1 fully saturated rings. The van der Waals surface area contributed by atoms with Crippen molar-refractivity contribution in [2.24, 2.45) is 0 Å². The van der Waals surface area contributed by atoms with E-state index in [-0.39, 0.29) is 11.7 Å². The van der Waals surface area contributed by atoms with Crippen LogP contribution in [0.3, 0.4) is 0 Å². The molecular weight excluding hydrogens is 352 g/mol. The summed E-state index contributed by atoms with van der Waals surface area (Å²) >= 11 is 0. The second-order valence-corrected chi connectivity index (χ2v) is 8.25. The minimum atomic E-state index is -3.36. The molecule has 1 aromatic carbocycles. The third-order valence-corrected chi connectivity index (χ3v) is 6.29. The number of rotatable bonds is 5. The van der Waals surface area contributed by atoms with Gasteiger partial charge >= 0.3 is 0 Å². The van der Waals surface area contributed by atoms with E-state index in [1.54, 1.807) is 24.5 Å². The van der Waals surface area contributed by atoms with Gasteiger partial charge in [-0.15, -0.1) is 0 Å². The predicted octanol–water partition coefficient (Wildman–Crippen LogP) is 2.45. The third kappa shape index (κ3) is 3.51. The van der Waals surface area contributed by atoms with E-state index in [0.29, 0.717) is 31.2 Å². The van der Waals surface area contributed by atoms with Crippen molar-refractivity contribution in [1.82, 2.24) is 19.4 Å². The van der Waals surface area contributed by atoms with Crippen LogP contribution in [0.5, 0.6) is 0 Å². The van der Waals surface area contributed by atoms with Gasteiger partial charge < -0.3 is 4.52 Å². The summed E-state index contributed by atoms with van der Waals surface area (Å²) in [6, 6.07) is 12.8. The number of benzene rings is 1. The molecule has 4 rings (SSSR count). The summed E-state index contributed by atoms with van der Waals surface area (Å²) in [7, 11) is -3.36. The fourth-order valence-corrected chi connectivity index (χ4v) is 4.67. The summed E-state index contributed by atoms with van der Waals surface area (Å²) in [6.07, 6.45) is 4.00. The van der Waals surface area contributed by atoms with Crippen LogP contribution < -0.4 is 0 Å². The zero-order chi connectivity index (χ0) is 18.0. The van der Waals surface area contributed by atoms with Crippen molar-refractivity contribution in [1.29, 1.82) is 0 Å². The molecule has 8 heteroatoms. The highest BCUT2D eigenvalue weighted by molar-refractivity contribution is 7.88. The van der Waals surface area contributed by atoms with E-state index in [0.717, 1.165) is 11.1 Å². The fourth-order valence-electron chi connectivity index (χ4n) is 3.08. The lowest BCUT2D eigenvalue weighted by molar-refractivity contribution is 0.414. The second-order valence-electron chi connectivity index (χ2n) is 6.28. The van der Waals surface area contributed by atoms with Gasteiger partial charge in [-0.05, 0) is 24.1 Å². The first kappa shape index (κ1) is 16.9. The Hall–Kier alpha value is -2.58. The summed E-state index contributed by atoms with van der Waals surface area (Å²) in [5, 5.41) is 4.05. The minimum absolute atomic E-state index is 0.00900. The molecule has 26 heavy (non-hydrogen) atoms. The molecule has 134 valence electrons. The maximum atomic E-state index is 12.7. The summed E-state index contributed by atoms with van der Waals surface area (Å²) in [4.78, 5) is 8.40. The zero-order valence-corrected chi connectivity index (χ0v) is 14.8. The van der Waals surface area contributed by atoms with Crippen LogP contribution in [-0.4, -0.2) is 40.9 Å². The Morgan fingerprint density at radius 1 is 1.12 bits per heavy atom. The van der Waals surface area contributed by atoms with Gasteiger partial charge in [0.2, 0.25) is 10.0 Å². The standard InChI is InChI=1S/C18H18N4O3S/c23-26(24,13-14-4-2-1-3-5-14)22-11-8-16(12-22)17-20-18(25-21-17)15-6-9-19-10-7-15/h1-7,9-10,16H,8,11-13H2. The Morgan fingerprint density at radius 3 is 2.65 bits per heavy atom. The van der Waals surface area contributed by atoms with Gasteiger partial charge in [0.25, 0.3) is 5.89 Å². The molecule has 3 heterocycles. The minimum Gasteiger partial charge on any atom is -0.334 e. The van der Waals surface area contributed by atoms with Crippen molar-refractivity contribution in [2.45, 2.75) is 18.1 Å². The Balaban J connectivity index is 1.46. The van der Waals surface area contributed by atoms with Crippen LogP contribution in [0.1, 0.15) is 23.7 Å². The number of hydrogen-bond donors (Lipinski definition) is 0. The molecule has 0 aliphatic carbocycles. The van der Waals surface area contributed by atoms with Crippen molar-refractivity contribution >= 4 is 10.0 Å². The smallest absolute Gasteiger partial charge is 0.258 e. The van der Waals surface area contributed by atoms with Gasteiger partial charge in [0.1, 0.15) is 0 Å². The number of pyridine rings is 1. The highest BCUT2D eigenvalue weighted by Gasteiger charge is 2.34. The van der Waals surface area contributed by atoms with E-state index in [9.17, 15) is 8.42 Å². The van der Waals surface area contributed by atoms with Crippen LogP contribution in [0.15, 0.2) is 59.4 Å². The third-order valence-electron chi connectivity index (χ3n) is 4.47. The first-order valence-electron chi connectivity index (χ1n) is 8.37. The molecule has 0 bridgehead atoms. The van der Waals surface area contributed by atoms with Crippen molar-refractivity contribution in [3.05, 3.63) is 66.2 Å². The lowest BCUT2D eigenvalue weighted by Gasteiger charge is -2.16. The SMILES string of the molecule is O=S(=O)(Cc1ccccc1)N1CCC(c2noc(-c3ccncc3)n2)C1. The van der Waals surface area contributed by atoms with E-state index < -0.39 is 10.0 Å². The lowest BCUT2D eigenvalue weighted by atomic mass is 10.1. The zero-order valence-electron chi connectivity index (χ0n) is 14.0. The van der Waals surface area contributed by atoms with E-state index in [1.807, 2.05) is 30.3 Å². The van der Waals surface area contributed by atoms with Crippen LogP contribution >= 0.6 is 0 Å². The maximum absolute atomic E-state index is 12.7. The maximum Gasteiger partial charge on any atom is 0.258 e. The molecule has 2 aromatic heterocycles. The summed E-state index contributed by atoms with van der Waals surface area (Å²) in [6.45, 7) is 0.851. The van der Waals surface area contributed by atoms with Crippen molar-refractivity contribution in [3.63, 3.8) is 0 Å². The summed E-state index contributed by atoms with van der Waals surface area (Å²) < 4.78 is 32.2. The predicted molar refractivity (Wildman–Crippen MR) is 95.5 cm³/mol. The number of hydrogen-bond acceptors (Lipinski definition) is 6. The van der Waals surface area contributed by atoms with E-state index in [2.05, 4.69) is 15.1 Å². The fraction of sp³-hybridized carbons (Fsp3) is 0.278. The number of sulfonamides is 1. The van der Waals surface area contributed by atoms with Crippen LogP contribution in [0.25, 0.3) is 11.5 Å². The molecule has 1 atom stereocenters. The highest BCUT2D eigenvalue weighted by Crippen LogP contribution is 2.29. The van der Waals surface area contributed by atoms with Crippen LogP contribution in [0.4, 0.5) is 0 Å². The van der Waals surface area contributed by atoms with E-state index in [1.165, 1.54) is 4.31 Å². The topological polar surface area (TPSA) is 89.2 Å². The van der Waals surface area contributed by atoms with Crippen LogP contribution in [0.2, 0.25) is 0 Å². The van der Waals surface area contributed by atoms with Crippen molar-refractivity contribution in [2.75, 3.05) is 13.1 Å². The van der Waals surface area contributed by atoms with Crippen molar-refractivity contribution < 1.29 is 12.9 Å². The Bertz CT molecular complexity index is 974. The van der Waals surface area contributed by atoms with Crippen molar-refractivity contribution in [3.8, 4) is 11.5 Å². The lowest BCUT2D eigenvalue weighted by Crippen LogP contribution is -2.29. The largest absolute Gasteiger partial charge is 0.334 e. The normalized spacial score (nSPS) is 18.2. The molecule has 0 radical (unpaired) electrons. The quantitative estimate of drug-likeness (QED) is 0.685. The summed E-state index contributed by atoms with van der Waals surface area (Å²) in [5.74, 6) is 0.928. The highest BCUT2D eigenvalue weighted by atomic mass is 32.2. The van der Waals surface area contributed by atoms with Gasteiger partial charge in [-0.1, -0.05) is 35.5 Å². The van der Waals surface area contributed by atoms with E-state index >= 15 is 0 Å².